The van der Waals surface area contributed by atoms with Gasteiger partial charge in [-0.05, 0) is 19.1 Å². The van der Waals surface area contributed by atoms with Gasteiger partial charge in [0.15, 0.2) is 0 Å². The van der Waals surface area contributed by atoms with Gasteiger partial charge >= 0.3 is 6.61 Å². The van der Waals surface area contributed by atoms with Gasteiger partial charge in [0.1, 0.15) is 11.5 Å². The van der Waals surface area contributed by atoms with E-state index in [0.717, 1.165) is 11.1 Å². The number of nitrogens with one attached hydrogen (secondary N) is 1. The van der Waals surface area contributed by atoms with Crippen molar-refractivity contribution in [2.75, 3.05) is 7.11 Å². The summed E-state index contributed by atoms with van der Waals surface area (Å²) in [7, 11) is 1.55. The Morgan fingerprint density at radius 3 is 2.58 bits per heavy atom. The first kappa shape index (κ1) is 17.7. The third-order valence-electron chi connectivity index (χ3n) is 3.45. The normalized spacial score (nSPS) is 10.5. The third-order valence-corrected chi connectivity index (χ3v) is 3.45. The highest BCUT2D eigenvalue weighted by atomic mass is 19.3. The topological polar surface area (TPSA) is 47.6 Å². The van der Waals surface area contributed by atoms with Gasteiger partial charge in [-0.15, -0.1) is 0 Å². The molecule has 0 heterocycles. The van der Waals surface area contributed by atoms with E-state index in [0.29, 0.717) is 11.3 Å². The number of carbonyl (C=O) groups is 1. The van der Waals surface area contributed by atoms with Crippen LogP contribution in [0, 0.1) is 6.92 Å². The lowest BCUT2D eigenvalue weighted by molar-refractivity contribution is -0.120. The van der Waals surface area contributed by atoms with Crippen molar-refractivity contribution in [1.82, 2.24) is 5.32 Å². The van der Waals surface area contributed by atoms with Crippen molar-refractivity contribution in [3.05, 3.63) is 59.2 Å². The van der Waals surface area contributed by atoms with Gasteiger partial charge in [0.05, 0.1) is 13.5 Å². The van der Waals surface area contributed by atoms with Crippen LogP contribution < -0.4 is 14.8 Å². The summed E-state index contributed by atoms with van der Waals surface area (Å²) >= 11 is 0. The van der Waals surface area contributed by atoms with Gasteiger partial charge in [0.2, 0.25) is 5.91 Å². The van der Waals surface area contributed by atoms with Crippen LogP contribution in [0.1, 0.15) is 16.7 Å². The number of aryl methyl sites for hydroxylation is 1. The summed E-state index contributed by atoms with van der Waals surface area (Å²) in [5.74, 6) is 0.462. The smallest absolute Gasteiger partial charge is 0.387 e. The largest absolute Gasteiger partial charge is 0.496 e. The molecule has 24 heavy (non-hydrogen) atoms. The molecule has 6 heteroatoms. The molecule has 128 valence electrons. The van der Waals surface area contributed by atoms with Crippen molar-refractivity contribution < 1.29 is 23.0 Å². The quantitative estimate of drug-likeness (QED) is 0.843. The number of carbonyl (C=O) groups excluding carboxylic acids is 1. The first-order chi connectivity index (χ1) is 11.5. The number of alkyl halides is 2. The SMILES string of the molecule is COc1ccc(C)cc1CC(=O)NCc1ccccc1OC(F)F. The van der Waals surface area contributed by atoms with Crippen LogP contribution in [0.4, 0.5) is 8.78 Å². The molecule has 1 amide bonds. The summed E-state index contributed by atoms with van der Waals surface area (Å²) in [4.78, 5) is 12.1. The number of rotatable bonds is 7. The molecule has 0 unspecified atom stereocenters. The van der Waals surface area contributed by atoms with Crippen molar-refractivity contribution in [2.45, 2.75) is 26.5 Å². The van der Waals surface area contributed by atoms with Crippen LogP contribution in [0.15, 0.2) is 42.5 Å². The van der Waals surface area contributed by atoms with Gasteiger partial charge in [0, 0.05) is 17.7 Å². The Morgan fingerprint density at radius 2 is 1.88 bits per heavy atom. The number of hydrogen-bond acceptors (Lipinski definition) is 3. The average Bonchev–Trinajstić information content (AvgIpc) is 2.54. The zero-order chi connectivity index (χ0) is 17.5. The Hall–Kier alpha value is -2.63. The molecule has 0 aliphatic heterocycles. The maximum atomic E-state index is 12.4. The highest BCUT2D eigenvalue weighted by Gasteiger charge is 2.12. The molecule has 2 aromatic carbocycles. The summed E-state index contributed by atoms with van der Waals surface area (Å²) < 4.78 is 34.5. The maximum absolute atomic E-state index is 12.4. The lowest BCUT2D eigenvalue weighted by Gasteiger charge is -2.12. The highest BCUT2D eigenvalue weighted by Crippen LogP contribution is 2.21. The van der Waals surface area contributed by atoms with Crippen LogP contribution in [0.2, 0.25) is 0 Å². The summed E-state index contributed by atoms with van der Waals surface area (Å²) in [6, 6.07) is 12.0. The van der Waals surface area contributed by atoms with E-state index in [1.54, 1.807) is 25.3 Å². The molecule has 1 N–H and O–H groups in total. The van der Waals surface area contributed by atoms with Crippen LogP contribution in [-0.2, 0) is 17.8 Å². The zero-order valence-electron chi connectivity index (χ0n) is 13.5. The second-order valence-corrected chi connectivity index (χ2v) is 5.26. The van der Waals surface area contributed by atoms with Gasteiger partial charge in [-0.1, -0.05) is 35.9 Å². The summed E-state index contributed by atoms with van der Waals surface area (Å²) in [5, 5.41) is 2.71. The fraction of sp³-hybridized carbons (Fsp3) is 0.278. The first-order valence-corrected chi connectivity index (χ1v) is 7.42. The predicted molar refractivity (Wildman–Crippen MR) is 86.4 cm³/mol. The zero-order valence-corrected chi connectivity index (χ0v) is 13.5. The van der Waals surface area contributed by atoms with Crippen LogP contribution in [-0.4, -0.2) is 19.6 Å². The predicted octanol–water partition coefficient (Wildman–Crippen LogP) is 3.46. The fourth-order valence-electron chi connectivity index (χ4n) is 2.34. The molecule has 4 nitrogen and oxygen atoms in total. The van der Waals surface area contributed by atoms with Gasteiger partial charge in [0.25, 0.3) is 0 Å². The molecular weight excluding hydrogens is 316 g/mol. The molecular formula is C18H19F2NO3. The van der Waals surface area contributed by atoms with E-state index in [2.05, 4.69) is 10.1 Å². The van der Waals surface area contributed by atoms with Crippen LogP contribution in [0.3, 0.4) is 0 Å². The van der Waals surface area contributed by atoms with Crippen molar-refractivity contribution >= 4 is 5.91 Å². The Morgan fingerprint density at radius 1 is 1.12 bits per heavy atom. The number of benzene rings is 2. The lowest BCUT2D eigenvalue weighted by Crippen LogP contribution is -2.25. The molecule has 0 aromatic heterocycles. The van der Waals surface area contributed by atoms with E-state index < -0.39 is 6.61 Å². The number of ether oxygens (including phenoxy) is 2. The van der Waals surface area contributed by atoms with Crippen molar-refractivity contribution in [1.29, 1.82) is 0 Å². The standard InChI is InChI=1S/C18H19F2NO3/c1-12-7-8-15(23-2)14(9-12)10-17(22)21-11-13-5-3-4-6-16(13)24-18(19)20/h3-9,18H,10-11H2,1-2H3,(H,21,22). The van der Waals surface area contributed by atoms with E-state index in [1.165, 1.54) is 6.07 Å². The second-order valence-electron chi connectivity index (χ2n) is 5.26. The Balaban J connectivity index is 2.00. The molecule has 0 aliphatic rings. The molecule has 0 bridgehead atoms. The molecule has 0 saturated carbocycles. The second kappa shape index (κ2) is 8.29. The number of hydrogen-bond donors (Lipinski definition) is 1. The average molecular weight is 335 g/mol. The molecule has 0 radical (unpaired) electrons. The van der Waals surface area contributed by atoms with E-state index in [-0.39, 0.29) is 24.6 Å². The van der Waals surface area contributed by atoms with Gasteiger partial charge in [-0.2, -0.15) is 8.78 Å². The molecule has 0 aliphatic carbocycles. The summed E-state index contributed by atoms with van der Waals surface area (Å²) in [6.07, 6.45) is 0.142. The first-order valence-electron chi connectivity index (χ1n) is 7.42. The summed E-state index contributed by atoms with van der Waals surface area (Å²) in [5.41, 5.74) is 2.28. The Labute approximate surface area is 139 Å². The molecule has 2 rings (SSSR count). The Kier molecular flexibility index (Phi) is 6.12. The van der Waals surface area contributed by atoms with Crippen LogP contribution in [0.5, 0.6) is 11.5 Å². The van der Waals surface area contributed by atoms with Crippen molar-refractivity contribution in [3.63, 3.8) is 0 Å². The monoisotopic (exact) mass is 335 g/mol. The number of methoxy groups -OCH3 is 1. The third kappa shape index (κ3) is 4.94. The minimum Gasteiger partial charge on any atom is -0.496 e. The lowest BCUT2D eigenvalue weighted by atomic mass is 10.1. The molecule has 2 aromatic rings. The maximum Gasteiger partial charge on any atom is 0.387 e. The van der Waals surface area contributed by atoms with E-state index in [4.69, 9.17) is 4.74 Å². The Bertz CT molecular complexity index is 704. The molecule has 0 saturated heterocycles. The van der Waals surface area contributed by atoms with Gasteiger partial charge in [-0.3, -0.25) is 4.79 Å². The number of amides is 1. The number of para-hydroxylation sites is 1. The fourth-order valence-corrected chi connectivity index (χ4v) is 2.34. The highest BCUT2D eigenvalue weighted by molar-refractivity contribution is 5.79. The van der Waals surface area contributed by atoms with E-state index >= 15 is 0 Å². The van der Waals surface area contributed by atoms with Crippen LogP contribution >= 0.6 is 0 Å². The number of halogens is 2. The van der Waals surface area contributed by atoms with Crippen LogP contribution in [0.25, 0.3) is 0 Å². The molecule has 0 fully saturated rings. The van der Waals surface area contributed by atoms with E-state index in [1.807, 2.05) is 25.1 Å². The summed E-state index contributed by atoms with van der Waals surface area (Å²) in [6.45, 7) is -0.868. The van der Waals surface area contributed by atoms with Gasteiger partial charge < -0.3 is 14.8 Å². The van der Waals surface area contributed by atoms with E-state index in [9.17, 15) is 13.6 Å². The minimum atomic E-state index is -2.90. The van der Waals surface area contributed by atoms with Crippen molar-refractivity contribution in [3.8, 4) is 11.5 Å². The van der Waals surface area contributed by atoms with Crippen molar-refractivity contribution in [2.24, 2.45) is 0 Å². The minimum absolute atomic E-state index is 0.0564. The molecule has 0 atom stereocenters. The van der Waals surface area contributed by atoms with Gasteiger partial charge in [-0.25, -0.2) is 0 Å². The molecule has 0 spiro atoms.